The SMILES string of the molecule is CCc1nnc(NC(=O)CCCc2nnc3ccccn23)s1. The largest absolute Gasteiger partial charge is 0.301 e. The van der Waals surface area contributed by atoms with E-state index in [0.717, 1.165) is 22.9 Å². The molecule has 0 unspecified atom stereocenters. The van der Waals surface area contributed by atoms with E-state index in [4.69, 9.17) is 0 Å². The van der Waals surface area contributed by atoms with E-state index >= 15 is 0 Å². The van der Waals surface area contributed by atoms with Crippen LogP contribution in [0.1, 0.15) is 30.6 Å². The minimum absolute atomic E-state index is 0.0485. The highest BCUT2D eigenvalue weighted by molar-refractivity contribution is 7.15. The van der Waals surface area contributed by atoms with Gasteiger partial charge in [-0.15, -0.1) is 20.4 Å². The summed E-state index contributed by atoms with van der Waals surface area (Å²) in [5.74, 6) is 0.820. The average molecular weight is 316 g/mol. The molecule has 7 nitrogen and oxygen atoms in total. The summed E-state index contributed by atoms with van der Waals surface area (Å²) in [5, 5.41) is 20.4. The second-order valence-electron chi connectivity index (χ2n) is 4.80. The number of rotatable bonds is 6. The number of aromatic nitrogens is 5. The first-order valence-electron chi connectivity index (χ1n) is 7.17. The zero-order valence-corrected chi connectivity index (χ0v) is 13.0. The summed E-state index contributed by atoms with van der Waals surface area (Å²) in [6.07, 6.45) is 4.59. The average Bonchev–Trinajstić information content (AvgIpc) is 3.14. The molecular weight excluding hydrogens is 300 g/mol. The van der Waals surface area contributed by atoms with E-state index in [1.807, 2.05) is 35.7 Å². The number of nitrogens with one attached hydrogen (secondary N) is 1. The number of amides is 1. The van der Waals surface area contributed by atoms with E-state index in [1.54, 1.807) is 0 Å². The summed E-state index contributed by atoms with van der Waals surface area (Å²) >= 11 is 1.41. The fourth-order valence-electron chi connectivity index (χ4n) is 2.10. The molecule has 3 aromatic rings. The van der Waals surface area contributed by atoms with Crippen molar-refractivity contribution < 1.29 is 4.79 Å². The first-order chi connectivity index (χ1) is 10.8. The fraction of sp³-hybridized carbons (Fsp3) is 0.357. The van der Waals surface area contributed by atoms with Gasteiger partial charge in [-0.05, 0) is 25.0 Å². The summed E-state index contributed by atoms with van der Waals surface area (Å²) in [5.41, 5.74) is 0.822. The van der Waals surface area contributed by atoms with Crippen LogP contribution in [0.15, 0.2) is 24.4 Å². The monoisotopic (exact) mass is 316 g/mol. The summed E-state index contributed by atoms with van der Waals surface area (Å²) in [6.45, 7) is 2.01. The predicted molar refractivity (Wildman–Crippen MR) is 83.8 cm³/mol. The lowest BCUT2D eigenvalue weighted by Crippen LogP contribution is -2.11. The number of carbonyl (C=O) groups excluding carboxylic acids is 1. The van der Waals surface area contributed by atoms with E-state index in [0.29, 0.717) is 24.4 Å². The lowest BCUT2D eigenvalue weighted by Gasteiger charge is -2.01. The maximum absolute atomic E-state index is 11.9. The minimum Gasteiger partial charge on any atom is -0.301 e. The molecule has 22 heavy (non-hydrogen) atoms. The number of aryl methyl sites for hydroxylation is 2. The normalized spacial score (nSPS) is 11.0. The van der Waals surface area contributed by atoms with E-state index < -0.39 is 0 Å². The molecule has 0 bridgehead atoms. The molecule has 0 aromatic carbocycles. The molecule has 1 N–H and O–H groups in total. The molecule has 0 spiro atoms. The smallest absolute Gasteiger partial charge is 0.226 e. The number of pyridine rings is 1. The van der Waals surface area contributed by atoms with Crippen molar-refractivity contribution in [1.82, 2.24) is 24.8 Å². The van der Waals surface area contributed by atoms with Crippen molar-refractivity contribution in [3.8, 4) is 0 Å². The van der Waals surface area contributed by atoms with Crippen LogP contribution in [0.3, 0.4) is 0 Å². The summed E-state index contributed by atoms with van der Waals surface area (Å²) in [7, 11) is 0. The van der Waals surface area contributed by atoms with Gasteiger partial charge in [0, 0.05) is 19.0 Å². The Kier molecular flexibility index (Phi) is 4.38. The Balaban J connectivity index is 1.51. The Morgan fingerprint density at radius 1 is 1.27 bits per heavy atom. The molecule has 3 rings (SSSR count). The quantitative estimate of drug-likeness (QED) is 0.753. The first kappa shape index (κ1) is 14.6. The van der Waals surface area contributed by atoms with Gasteiger partial charge in [0.1, 0.15) is 10.8 Å². The van der Waals surface area contributed by atoms with Gasteiger partial charge in [-0.1, -0.05) is 24.3 Å². The van der Waals surface area contributed by atoms with Crippen LogP contribution in [-0.2, 0) is 17.6 Å². The predicted octanol–water partition coefficient (Wildman–Crippen LogP) is 2.10. The second kappa shape index (κ2) is 6.61. The van der Waals surface area contributed by atoms with Crippen molar-refractivity contribution in [2.75, 3.05) is 5.32 Å². The molecule has 0 atom stereocenters. The van der Waals surface area contributed by atoms with Crippen molar-refractivity contribution in [3.05, 3.63) is 35.2 Å². The zero-order chi connectivity index (χ0) is 15.4. The molecule has 8 heteroatoms. The van der Waals surface area contributed by atoms with Gasteiger partial charge in [-0.2, -0.15) is 0 Å². The van der Waals surface area contributed by atoms with Crippen LogP contribution >= 0.6 is 11.3 Å². The Labute approximate surface area is 131 Å². The second-order valence-corrected chi connectivity index (χ2v) is 5.86. The van der Waals surface area contributed by atoms with Crippen LogP contribution in [-0.4, -0.2) is 30.7 Å². The number of nitrogens with zero attached hydrogens (tertiary/aromatic N) is 5. The zero-order valence-electron chi connectivity index (χ0n) is 12.2. The minimum atomic E-state index is -0.0485. The standard InChI is InChI=1S/C14H16N6OS/c1-2-13-18-19-14(22-13)15-12(21)8-5-7-11-17-16-10-6-3-4-9-20(10)11/h3-4,6,9H,2,5,7-8H2,1H3,(H,15,19,21). The van der Waals surface area contributed by atoms with Crippen LogP contribution in [0, 0.1) is 0 Å². The molecule has 0 aliphatic rings. The van der Waals surface area contributed by atoms with Crippen molar-refractivity contribution in [2.24, 2.45) is 0 Å². The molecule has 0 fully saturated rings. The number of hydrogen-bond donors (Lipinski definition) is 1. The highest BCUT2D eigenvalue weighted by Gasteiger charge is 2.09. The van der Waals surface area contributed by atoms with Crippen molar-refractivity contribution in [3.63, 3.8) is 0 Å². The van der Waals surface area contributed by atoms with Crippen molar-refractivity contribution in [1.29, 1.82) is 0 Å². The number of hydrogen-bond acceptors (Lipinski definition) is 6. The molecule has 0 saturated heterocycles. The van der Waals surface area contributed by atoms with Gasteiger partial charge in [0.05, 0.1) is 0 Å². The number of fused-ring (bicyclic) bond motifs is 1. The lowest BCUT2D eigenvalue weighted by atomic mass is 10.2. The van der Waals surface area contributed by atoms with E-state index in [2.05, 4.69) is 25.7 Å². The van der Waals surface area contributed by atoms with Gasteiger partial charge in [0.15, 0.2) is 5.65 Å². The third-order valence-electron chi connectivity index (χ3n) is 3.20. The van der Waals surface area contributed by atoms with Gasteiger partial charge in [-0.3, -0.25) is 9.20 Å². The summed E-state index contributed by atoms with van der Waals surface area (Å²) in [4.78, 5) is 11.9. The highest BCUT2D eigenvalue weighted by atomic mass is 32.1. The number of anilines is 1. The Hall–Kier alpha value is -2.35. The van der Waals surface area contributed by atoms with Gasteiger partial charge < -0.3 is 5.32 Å². The van der Waals surface area contributed by atoms with Crippen LogP contribution in [0.25, 0.3) is 5.65 Å². The van der Waals surface area contributed by atoms with Gasteiger partial charge in [0.2, 0.25) is 11.0 Å². The molecule has 0 aliphatic carbocycles. The Bertz CT molecular complexity index is 780. The Morgan fingerprint density at radius 2 is 2.18 bits per heavy atom. The maximum Gasteiger partial charge on any atom is 0.226 e. The molecule has 0 radical (unpaired) electrons. The topological polar surface area (TPSA) is 85.1 Å². The van der Waals surface area contributed by atoms with E-state index in [-0.39, 0.29) is 5.91 Å². The third kappa shape index (κ3) is 3.28. The molecule has 3 heterocycles. The summed E-state index contributed by atoms with van der Waals surface area (Å²) < 4.78 is 1.94. The van der Waals surface area contributed by atoms with Crippen LogP contribution in [0.2, 0.25) is 0 Å². The highest BCUT2D eigenvalue weighted by Crippen LogP contribution is 2.16. The fourth-order valence-corrected chi connectivity index (χ4v) is 2.79. The van der Waals surface area contributed by atoms with Gasteiger partial charge >= 0.3 is 0 Å². The van der Waals surface area contributed by atoms with E-state index in [9.17, 15) is 4.79 Å². The van der Waals surface area contributed by atoms with Crippen LogP contribution in [0.5, 0.6) is 0 Å². The van der Waals surface area contributed by atoms with Crippen LogP contribution in [0.4, 0.5) is 5.13 Å². The van der Waals surface area contributed by atoms with Crippen molar-refractivity contribution in [2.45, 2.75) is 32.6 Å². The summed E-state index contributed by atoms with van der Waals surface area (Å²) in [6, 6.07) is 5.77. The third-order valence-corrected chi connectivity index (χ3v) is 4.19. The molecule has 1 amide bonds. The molecule has 0 aliphatic heterocycles. The molecule has 3 aromatic heterocycles. The van der Waals surface area contributed by atoms with Gasteiger partial charge in [0.25, 0.3) is 0 Å². The number of carbonyl (C=O) groups is 1. The van der Waals surface area contributed by atoms with Gasteiger partial charge in [-0.25, -0.2) is 0 Å². The Morgan fingerprint density at radius 3 is 3.00 bits per heavy atom. The molecular formula is C14H16N6OS. The molecule has 114 valence electrons. The first-order valence-corrected chi connectivity index (χ1v) is 7.99. The van der Waals surface area contributed by atoms with Crippen LogP contribution < -0.4 is 5.32 Å². The molecule has 0 saturated carbocycles. The van der Waals surface area contributed by atoms with Crippen molar-refractivity contribution >= 4 is 28.0 Å². The maximum atomic E-state index is 11.9. The lowest BCUT2D eigenvalue weighted by molar-refractivity contribution is -0.116. The van der Waals surface area contributed by atoms with E-state index in [1.165, 1.54) is 11.3 Å².